The van der Waals surface area contributed by atoms with Gasteiger partial charge in [0.05, 0.1) is 25.2 Å². The standard InChI is InChI=1S/C11H9FN2OS/c1-15-9-4-2-3-7(11(9)12)8-5-13-6-10(16)14-8/h2-6H,1H3,(H,14,16). The van der Waals surface area contributed by atoms with Crippen molar-refractivity contribution in [3.8, 4) is 17.0 Å². The van der Waals surface area contributed by atoms with Crippen LogP contribution in [-0.2, 0) is 0 Å². The van der Waals surface area contributed by atoms with E-state index in [1.54, 1.807) is 18.2 Å². The lowest BCUT2D eigenvalue weighted by Crippen LogP contribution is -1.93. The van der Waals surface area contributed by atoms with Crippen LogP contribution < -0.4 is 4.74 Å². The molecule has 16 heavy (non-hydrogen) atoms. The van der Waals surface area contributed by atoms with Crippen LogP contribution in [0.4, 0.5) is 4.39 Å². The van der Waals surface area contributed by atoms with Crippen molar-refractivity contribution in [3.63, 3.8) is 0 Å². The van der Waals surface area contributed by atoms with Gasteiger partial charge < -0.3 is 9.72 Å². The van der Waals surface area contributed by atoms with Crippen LogP contribution in [0.2, 0.25) is 0 Å². The third-order valence-corrected chi connectivity index (χ3v) is 2.33. The summed E-state index contributed by atoms with van der Waals surface area (Å²) in [4.78, 5) is 6.79. The van der Waals surface area contributed by atoms with Gasteiger partial charge in [-0.3, -0.25) is 4.98 Å². The third-order valence-electron chi connectivity index (χ3n) is 2.13. The number of hydrogen-bond donors (Lipinski definition) is 1. The highest BCUT2D eigenvalue weighted by atomic mass is 32.1. The molecule has 1 aromatic heterocycles. The molecular formula is C11H9FN2OS. The van der Waals surface area contributed by atoms with E-state index in [1.807, 2.05) is 0 Å². The summed E-state index contributed by atoms with van der Waals surface area (Å²) in [6, 6.07) is 4.91. The summed E-state index contributed by atoms with van der Waals surface area (Å²) in [6.07, 6.45) is 3.02. The van der Waals surface area contributed by atoms with E-state index in [9.17, 15) is 4.39 Å². The Kier molecular flexibility index (Phi) is 2.96. The van der Waals surface area contributed by atoms with Gasteiger partial charge in [-0.1, -0.05) is 18.3 Å². The van der Waals surface area contributed by atoms with Gasteiger partial charge in [-0.2, -0.15) is 0 Å². The second-order valence-electron chi connectivity index (χ2n) is 3.13. The maximum Gasteiger partial charge on any atom is 0.174 e. The molecule has 3 nitrogen and oxygen atoms in total. The highest BCUT2D eigenvalue weighted by Gasteiger charge is 2.10. The van der Waals surface area contributed by atoms with E-state index in [4.69, 9.17) is 17.0 Å². The summed E-state index contributed by atoms with van der Waals surface area (Å²) in [5.74, 6) is -0.232. The van der Waals surface area contributed by atoms with Crippen LogP contribution in [0.25, 0.3) is 11.3 Å². The molecule has 0 bridgehead atoms. The van der Waals surface area contributed by atoms with E-state index in [1.165, 1.54) is 19.5 Å². The Balaban J connectivity index is 2.60. The number of ether oxygens (including phenoxy) is 1. The van der Waals surface area contributed by atoms with Crippen molar-refractivity contribution in [1.82, 2.24) is 9.97 Å². The summed E-state index contributed by atoms with van der Waals surface area (Å²) in [5.41, 5.74) is 0.919. The second kappa shape index (κ2) is 4.40. The quantitative estimate of drug-likeness (QED) is 0.815. The lowest BCUT2D eigenvalue weighted by Gasteiger charge is -2.06. The fourth-order valence-electron chi connectivity index (χ4n) is 1.39. The molecule has 0 saturated carbocycles. The third kappa shape index (κ3) is 1.94. The molecule has 0 atom stereocenters. The lowest BCUT2D eigenvalue weighted by atomic mass is 10.1. The van der Waals surface area contributed by atoms with Gasteiger partial charge >= 0.3 is 0 Å². The van der Waals surface area contributed by atoms with E-state index in [-0.39, 0.29) is 5.75 Å². The summed E-state index contributed by atoms with van der Waals surface area (Å²) >= 11 is 4.93. The van der Waals surface area contributed by atoms with E-state index in [0.717, 1.165) is 0 Å². The molecule has 5 heteroatoms. The van der Waals surface area contributed by atoms with E-state index in [2.05, 4.69) is 9.97 Å². The van der Waals surface area contributed by atoms with Gasteiger partial charge in [0.2, 0.25) is 0 Å². The Bertz CT molecular complexity index is 568. The smallest absolute Gasteiger partial charge is 0.174 e. The summed E-state index contributed by atoms with van der Waals surface area (Å²) < 4.78 is 19.2. The second-order valence-corrected chi connectivity index (χ2v) is 3.57. The highest BCUT2D eigenvalue weighted by molar-refractivity contribution is 7.71. The topological polar surface area (TPSA) is 37.9 Å². The molecule has 0 aliphatic rings. The molecule has 1 N–H and O–H groups in total. The summed E-state index contributed by atoms with van der Waals surface area (Å²) in [5, 5.41) is 0. The zero-order chi connectivity index (χ0) is 11.5. The predicted molar refractivity (Wildman–Crippen MR) is 61.4 cm³/mol. The minimum absolute atomic E-state index is 0.195. The predicted octanol–water partition coefficient (Wildman–Crippen LogP) is 2.95. The van der Waals surface area contributed by atoms with E-state index in [0.29, 0.717) is 15.9 Å². The van der Waals surface area contributed by atoms with Crippen LogP contribution in [-0.4, -0.2) is 17.1 Å². The zero-order valence-corrected chi connectivity index (χ0v) is 9.34. The van der Waals surface area contributed by atoms with Gasteiger partial charge in [-0.25, -0.2) is 4.39 Å². The number of aromatic nitrogens is 2. The molecule has 1 aromatic carbocycles. The Hall–Kier alpha value is -1.75. The Morgan fingerprint density at radius 1 is 1.38 bits per heavy atom. The molecule has 2 aromatic rings. The van der Waals surface area contributed by atoms with Crippen molar-refractivity contribution in [2.24, 2.45) is 0 Å². The van der Waals surface area contributed by atoms with Gasteiger partial charge in [-0.15, -0.1) is 0 Å². The van der Waals surface area contributed by atoms with E-state index >= 15 is 0 Å². The first-order valence-corrected chi connectivity index (χ1v) is 5.00. The monoisotopic (exact) mass is 236 g/mol. The van der Waals surface area contributed by atoms with Crippen molar-refractivity contribution >= 4 is 12.2 Å². The molecular weight excluding hydrogens is 227 g/mol. The number of methoxy groups -OCH3 is 1. The van der Waals surface area contributed by atoms with Crippen molar-refractivity contribution in [3.05, 3.63) is 41.1 Å². The number of H-pyrrole nitrogens is 1. The fraction of sp³-hybridized carbons (Fsp3) is 0.0909. The van der Waals surface area contributed by atoms with Gasteiger partial charge in [0.25, 0.3) is 0 Å². The molecule has 0 amide bonds. The SMILES string of the molecule is COc1cccc(-c2cncc(=S)[nH]2)c1F. The lowest BCUT2D eigenvalue weighted by molar-refractivity contribution is 0.387. The van der Waals surface area contributed by atoms with Crippen molar-refractivity contribution < 1.29 is 9.13 Å². The largest absolute Gasteiger partial charge is 0.494 e. The maximum absolute atomic E-state index is 13.9. The van der Waals surface area contributed by atoms with Gasteiger partial charge in [-0.05, 0) is 12.1 Å². The fourth-order valence-corrected chi connectivity index (χ4v) is 1.56. The first-order valence-electron chi connectivity index (χ1n) is 4.59. The molecule has 0 aliphatic heterocycles. The average Bonchev–Trinajstić information content (AvgIpc) is 2.29. The highest BCUT2D eigenvalue weighted by Crippen LogP contribution is 2.26. The van der Waals surface area contributed by atoms with Gasteiger partial charge in [0.15, 0.2) is 11.6 Å². The zero-order valence-electron chi connectivity index (χ0n) is 8.53. The Morgan fingerprint density at radius 3 is 2.88 bits per heavy atom. The number of benzene rings is 1. The van der Waals surface area contributed by atoms with Crippen molar-refractivity contribution in [2.75, 3.05) is 7.11 Å². The summed E-state index contributed by atoms with van der Waals surface area (Å²) in [6.45, 7) is 0. The number of halogens is 1. The molecule has 0 fully saturated rings. The molecule has 1 heterocycles. The minimum atomic E-state index is -0.427. The molecule has 82 valence electrons. The number of hydrogen-bond acceptors (Lipinski definition) is 3. The first-order chi connectivity index (χ1) is 7.72. The first kappa shape index (κ1) is 10.8. The molecule has 0 saturated heterocycles. The van der Waals surface area contributed by atoms with Crippen LogP contribution in [0.1, 0.15) is 0 Å². The van der Waals surface area contributed by atoms with Crippen LogP contribution in [0.3, 0.4) is 0 Å². The average molecular weight is 236 g/mol. The van der Waals surface area contributed by atoms with Crippen molar-refractivity contribution in [2.45, 2.75) is 0 Å². The van der Waals surface area contributed by atoms with Gasteiger partial charge in [0, 0.05) is 5.56 Å². The Morgan fingerprint density at radius 2 is 2.19 bits per heavy atom. The molecule has 0 aliphatic carbocycles. The molecule has 0 spiro atoms. The van der Waals surface area contributed by atoms with Crippen LogP contribution in [0.5, 0.6) is 5.75 Å². The van der Waals surface area contributed by atoms with Crippen LogP contribution >= 0.6 is 12.2 Å². The minimum Gasteiger partial charge on any atom is -0.494 e. The van der Waals surface area contributed by atoms with Crippen LogP contribution in [0, 0.1) is 10.5 Å². The van der Waals surface area contributed by atoms with Crippen molar-refractivity contribution in [1.29, 1.82) is 0 Å². The molecule has 0 radical (unpaired) electrons. The van der Waals surface area contributed by atoms with Crippen LogP contribution in [0.15, 0.2) is 30.6 Å². The molecule has 2 rings (SSSR count). The van der Waals surface area contributed by atoms with E-state index < -0.39 is 5.82 Å². The summed E-state index contributed by atoms with van der Waals surface area (Å²) in [7, 11) is 1.42. The normalized spacial score (nSPS) is 10.1. The number of rotatable bonds is 2. The number of nitrogens with one attached hydrogen (secondary N) is 1. The molecule has 0 unspecified atom stereocenters. The number of nitrogens with zero attached hydrogens (tertiary/aromatic N) is 1. The van der Waals surface area contributed by atoms with Gasteiger partial charge in [0.1, 0.15) is 4.64 Å². The number of aromatic amines is 1. The Labute approximate surface area is 96.9 Å². The maximum atomic E-state index is 13.9.